The first-order valence-corrected chi connectivity index (χ1v) is 6.05. The second-order valence-corrected chi connectivity index (χ2v) is 4.89. The van der Waals surface area contributed by atoms with Crippen molar-refractivity contribution in [3.8, 4) is 0 Å². The Bertz CT molecular complexity index is 407. The van der Waals surface area contributed by atoms with Gasteiger partial charge >= 0.3 is 6.18 Å². The highest BCUT2D eigenvalue weighted by Gasteiger charge is 2.35. The van der Waals surface area contributed by atoms with Crippen LogP contribution in [0.4, 0.5) is 18.9 Å². The summed E-state index contributed by atoms with van der Waals surface area (Å²) >= 11 is 0. The Balaban J connectivity index is 2.33. The molecule has 2 rings (SSSR count). The monoisotopic (exact) mass is 258 g/mol. The van der Waals surface area contributed by atoms with Gasteiger partial charge in [-0.1, -0.05) is 12.1 Å². The Morgan fingerprint density at radius 3 is 2.22 bits per heavy atom. The van der Waals surface area contributed by atoms with Crippen LogP contribution in [0.3, 0.4) is 0 Å². The van der Waals surface area contributed by atoms with Gasteiger partial charge in [0.1, 0.15) is 0 Å². The number of benzene rings is 1. The van der Waals surface area contributed by atoms with E-state index in [2.05, 4.69) is 5.32 Å². The molecule has 0 saturated carbocycles. The molecule has 1 aliphatic heterocycles. The minimum Gasteiger partial charge on any atom is -0.368 e. The van der Waals surface area contributed by atoms with Gasteiger partial charge in [0.15, 0.2) is 0 Å². The van der Waals surface area contributed by atoms with E-state index in [0.29, 0.717) is 13.1 Å². The summed E-state index contributed by atoms with van der Waals surface area (Å²) in [6.07, 6.45) is -4.30. The van der Waals surface area contributed by atoms with Gasteiger partial charge < -0.3 is 10.2 Å². The lowest BCUT2D eigenvalue weighted by Crippen LogP contribution is -2.54. The van der Waals surface area contributed by atoms with Crippen LogP contribution in [0.15, 0.2) is 24.3 Å². The minimum atomic E-state index is -4.30. The van der Waals surface area contributed by atoms with Gasteiger partial charge in [0.25, 0.3) is 0 Å². The highest BCUT2D eigenvalue weighted by atomic mass is 19.4. The molecule has 1 fully saturated rings. The maximum absolute atomic E-state index is 13.0. The fourth-order valence-electron chi connectivity index (χ4n) is 2.51. The molecule has 0 bridgehead atoms. The Labute approximate surface area is 105 Å². The zero-order valence-corrected chi connectivity index (χ0v) is 10.5. The molecular formula is C13H17F3N2. The van der Waals surface area contributed by atoms with E-state index in [1.54, 1.807) is 12.1 Å². The molecule has 0 aromatic heterocycles. The SMILES string of the molecule is CC1CN(c2ccccc2C(F)(F)F)CC(C)N1. The van der Waals surface area contributed by atoms with Gasteiger partial charge in [-0.2, -0.15) is 13.2 Å². The predicted molar refractivity (Wildman–Crippen MR) is 65.7 cm³/mol. The summed E-state index contributed by atoms with van der Waals surface area (Å²) in [7, 11) is 0. The molecule has 1 heterocycles. The molecule has 18 heavy (non-hydrogen) atoms. The largest absolute Gasteiger partial charge is 0.418 e. The molecule has 1 aliphatic rings. The lowest BCUT2D eigenvalue weighted by molar-refractivity contribution is -0.137. The summed E-state index contributed by atoms with van der Waals surface area (Å²) < 4.78 is 38.9. The van der Waals surface area contributed by atoms with Crippen molar-refractivity contribution in [1.82, 2.24) is 5.32 Å². The van der Waals surface area contributed by atoms with Crippen molar-refractivity contribution in [2.24, 2.45) is 0 Å². The van der Waals surface area contributed by atoms with Crippen LogP contribution in [0.5, 0.6) is 0 Å². The van der Waals surface area contributed by atoms with E-state index in [1.165, 1.54) is 6.07 Å². The van der Waals surface area contributed by atoms with Gasteiger partial charge in [0.05, 0.1) is 5.56 Å². The average molecular weight is 258 g/mol. The molecule has 0 amide bonds. The fraction of sp³-hybridized carbons (Fsp3) is 0.538. The van der Waals surface area contributed by atoms with Crippen LogP contribution in [0.25, 0.3) is 0 Å². The van der Waals surface area contributed by atoms with Crippen molar-refractivity contribution in [2.45, 2.75) is 32.1 Å². The Morgan fingerprint density at radius 2 is 1.67 bits per heavy atom. The van der Waals surface area contributed by atoms with Crippen molar-refractivity contribution in [1.29, 1.82) is 0 Å². The number of nitrogens with one attached hydrogen (secondary N) is 1. The van der Waals surface area contributed by atoms with Crippen molar-refractivity contribution in [2.75, 3.05) is 18.0 Å². The third kappa shape index (κ3) is 2.77. The molecule has 100 valence electrons. The predicted octanol–water partition coefficient (Wildman–Crippen LogP) is 2.89. The van der Waals surface area contributed by atoms with Crippen molar-refractivity contribution in [3.63, 3.8) is 0 Å². The van der Waals surface area contributed by atoms with Crippen LogP contribution in [0.1, 0.15) is 19.4 Å². The number of para-hydroxylation sites is 1. The first-order chi connectivity index (χ1) is 8.38. The van der Waals surface area contributed by atoms with Crippen molar-refractivity contribution < 1.29 is 13.2 Å². The van der Waals surface area contributed by atoms with E-state index in [1.807, 2.05) is 18.7 Å². The van der Waals surface area contributed by atoms with E-state index < -0.39 is 11.7 Å². The Hall–Kier alpha value is -1.23. The molecule has 1 aromatic carbocycles. The number of rotatable bonds is 1. The van der Waals surface area contributed by atoms with E-state index in [4.69, 9.17) is 0 Å². The maximum Gasteiger partial charge on any atom is 0.418 e. The molecule has 1 N–H and O–H groups in total. The summed E-state index contributed by atoms with van der Waals surface area (Å²) in [5, 5.41) is 3.31. The molecule has 0 aliphatic carbocycles. The van der Waals surface area contributed by atoms with Crippen LogP contribution in [0, 0.1) is 0 Å². The lowest BCUT2D eigenvalue weighted by atomic mass is 10.1. The minimum absolute atomic E-state index is 0.190. The van der Waals surface area contributed by atoms with Gasteiger partial charge in [-0.15, -0.1) is 0 Å². The maximum atomic E-state index is 13.0. The summed E-state index contributed by atoms with van der Waals surface area (Å²) in [5.74, 6) is 0. The van der Waals surface area contributed by atoms with Crippen LogP contribution in [-0.2, 0) is 6.18 Å². The zero-order valence-electron chi connectivity index (χ0n) is 10.5. The summed E-state index contributed by atoms with van der Waals surface area (Å²) in [6.45, 7) is 5.16. The molecule has 2 atom stereocenters. The first-order valence-electron chi connectivity index (χ1n) is 6.05. The van der Waals surface area contributed by atoms with Gasteiger partial charge in [-0.3, -0.25) is 0 Å². The third-order valence-corrected chi connectivity index (χ3v) is 3.11. The fourth-order valence-corrected chi connectivity index (χ4v) is 2.51. The highest BCUT2D eigenvalue weighted by Crippen LogP contribution is 2.36. The number of hydrogen-bond acceptors (Lipinski definition) is 2. The number of nitrogens with zero attached hydrogens (tertiary/aromatic N) is 1. The zero-order chi connectivity index (χ0) is 13.3. The van der Waals surface area contributed by atoms with E-state index >= 15 is 0 Å². The molecular weight excluding hydrogens is 241 g/mol. The van der Waals surface area contributed by atoms with Gasteiger partial charge in [0, 0.05) is 30.9 Å². The van der Waals surface area contributed by atoms with Crippen LogP contribution in [0.2, 0.25) is 0 Å². The number of piperazine rings is 1. The van der Waals surface area contributed by atoms with Crippen LogP contribution in [-0.4, -0.2) is 25.2 Å². The van der Waals surface area contributed by atoms with Crippen LogP contribution >= 0.6 is 0 Å². The molecule has 0 spiro atoms. The van der Waals surface area contributed by atoms with Gasteiger partial charge in [0.2, 0.25) is 0 Å². The Kier molecular flexibility index (Phi) is 3.52. The number of alkyl halides is 3. The van der Waals surface area contributed by atoms with Gasteiger partial charge in [-0.25, -0.2) is 0 Å². The summed E-state index contributed by atoms with van der Waals surface area (Å²) in [6, 6.07) is 6.16. The quantitative estimate of drug-likeness (QED) is 0.833. The second-order valence-electron chi connectivity index (χ2n) is 4.89. The molecule has 1 saturated heterocycles. The molecule has 0 radical (unpaired) electrons. The summed E-state index contributed by atoms with van der Waals surface area (Å²) in [4.78, 5) is 1.81. The Morgan fingerprint density at radius 1 is 1.11 bits per heavy atom. The normalized spacial score (nSPS) is 25.3. The third-order valence-electron chi connectivity index (χ3n) is 3.11. The topological polar surface area (TPSA) is 15.3 Å². The first kappa shape index (κ1) is 13.2. The second kappa shape index (κ2) is 4.80. The average Bonchev–Trinajstić information content (AvgIpc) is 2.26. The van der Waals surface area contributed by atoms with E-state index in [-0.39, 0.29) is 17.8 Å². The van der Waals surface area contributed by atoms with Crippen molar-refractivity contribution in [3.05, 3.63) is 29.8 Å². The molecule has 1 aromatic rings. The highest BCUT2D eigenvalue weighted by molar-refractivity contribution is 5.55. The lowest BCUT2D eigenvalue weighted by Gasteiger charge is -2.38. The number of halogens is 3. The standard InChI is InChI=1S/C13H17F3N2/c1-9-7-18(8-10(2)17-9)12-6-4-3-5-11(12)13(14,15)16/h3-6,9-10,17H,7-8H2,1-2H3. The van der Waals surface area contributed by atoms with Crippen molar-refractivity contribution >= 4 is 5.69 Å². The molecule has 2 unspecified atom stereocenters. The number of hydrogen-bond donors (Lipinski definition) is 1. The van der Waals surface area contributed by atoms with E-state index in [9.17, 15) is 13.2 Å². The smallest absolute Gasteiger partial charge is 0.368 e. The molecule has 5 heteroatoms. The number of anilines is 1. The molecule has 2 nitrogen and oxygen atoms in total. The van der Waals surface area contributed by atoms with E-state index in [0.717, 1.165) is 6.07 Å². The summed E-state index contributed by atoms with van der Waals surface area (Å²) in [5.41, 5.74) is -0.267. The van der Waals surface area contributed by atoms with Crippen LogP contribution < -0.4 is 10.2 Å². The van der Waals surface area contributed by atoms with Gasteiger partial charge in [-0.05, 0) is 26.0 Å².